The second-order valence-corrected chi connectivity index (χ2v) is 15.8. The van der Waals surface area contributed by atoms with E-state index in [-0.39, 0.29) is 30.4 Å². The van der Waals surface area contributed by atoms with Crippen LogP contribution in [0.5, 0.6) is 11.6 Å². The molecular formula is C42H55FN14O6. The third-order valence-corrected chi connectivity index (χ3v) is 11.6. The Morgan fingerprint density at radius 1 is 0.952 bits per heavy atom. The number of hydrogen-bond donors (Lipinski definition) is 3. The Hall–Kier alpha value is -6.35. The lowest BCUT2D eigenvalue weighted by atomic mass is 10.0. The van der Waals surface area contributed by atoms with Gasteiger partial charge in [-0.1, -0.05) is 19.8 Å². The fourth-order valence-electron chi connectivity index (χ4n) is 8.32. The number of carbonyl (C=O) groups excluding carboxylic acids is 2. The van der Waals surface area contributed by atoms with E-state index >= 15 is 0 Å². The molecule has 0 bridgehead atoms. The maximum atomic E-state index is 14.0. The zero-order valence-corrected chi connectivity index (χ0v) is 36.3. The van der Waals surface area contributed by atoms with Crippen LogP contribution in [0.4, 0.5) is 45.0 Å². The summed E-state index contributed by atoms with van der Waals surface area (Å²) in [6.07, 6.45) is 9.68. The number of amides is 2. The maximum Gasteiger partial charge on any atom is 0.256 e. The average Bonchev–Trinajstić information content (AvgIpc) is 4.13. The number of aromatic nitrogens is 8. The summed E-state index contributed by atoms with van der Waals surface area (Å²) < 4.78 is 40.2. The number of aryl methyl sites for hydroxylation is 1. The van der Waals surface area contributed by atoms with Gasteiger partial charge in [0.05, 0.1) is 78.1 Å². The predicted molar refractivity (Wildman–Crippen MR) is 235 cm³/mol. The number of nitrogens with one attached hydrogen (secondary N) is 3. The normalized spacial score (nSPS) is 17.7. The number of methoxy groups -OCH3 is 2. The highest BCUT2D eigenvalue weighted by Gasteiger charge is 2.41. The molecule has 2 aliphatic heterocycles. The number of hydrogen-bond acceptors (Lipinski definition) is 16. The average molecular weight is 871 g/mol. The lowest BCUT2D eigenvalue weighted by Crippen LogP contribution is -2.55. The monoisotopic (exact) mass is 870 g/mol. The summed E-state index contributed by atoms with van der Waals surface area (Å²) in [5, 5.41) is 13.9. The van der Waals surface area contributed by atoms with Crippen molar-refractivity contribution in [3.63, 3.8) is 0 Å². The van der Waals surface area contributed by atoms with E-state index in [0.717, 1.165) is 31.5 Å². The molecule has 3 aliphatic rings. The van der Waals surface area contributed by atoms with Crippen molar-refractivity contribution < 1.29 is 32.9 Å². The molecular weight excluding hydrogens is 816 g/mol. The Balaban J connectivity index is 0.778. The van der Waals surface area contributed by atoms with Gasteiger partial charge >= 0.3 is 0 Å². The smallest absolute Gasteiger partial charge is 0.256 e. The second kappa shape index (κ2) is 19.4. The summed E-state index contributed by atoms with van der Waals surface area (Å²) >= 11 is 0. The number of rotatable bonds is 19. The molecule has 2 amide bonds. The molecule has 3 N–H and O–H groups in total. The first kappa shape index (κ1) is 43.3. The molecule has 8 rings (SSSR count). The van der Waals surface area contributed by atoms with Crippen LogP contribution >= 0.6 is 0 Å². The van der Waals surface area contributed by atoms with E-state index in [4.69, 9.17) is 23.9 Å². The van der Waals surface area contributed by atoms with Gasteiger partial charge in [-0.3, -0.25) is 14.3 Å². The Labute approximate surface area is 364 Å². The minimum absolute atomic E-state index is 0.0582. The first-order valence-corrected chi connectivity index (χ1v) is 21.4. The van der Waals surface area contributed by atoms with Crippen molar-refractivity contribution in [1.29, 1.82) is 0 Å². The van der Waals surface area contributed by atoms with Crippen LogP contribution in [0.25, 0.3) is 11.2 Å². The summed E-state index contributed by atoms with van der Waals surface area (Å²) in [4.78, 5) is 55.2. The molecule has 336 valence electrons. The van der Waals surface area contributed by atoms with Crippen LogP contribution in [0.1, 0.15) is 55.8 Å². The van der Waals surface area contributed by atoms with Crippen LogP contribution in [0, 0.1) is 0 Å². The van der Waals surface area contributed by atoms with Gasteiger partial charge < -0.3 is 54.2 Å². The number of benzene rings is 1. The fraction of sp³-hybridized carbons (Fsp3) is 0.524. The second-order valence-electron chi connectivity index (χ2n) is 15.8. The largest absolute Gasteiger partial charge is 0.495 e. The summed E-state index contributed by atoms with van der Waals surface area (Å²) in [6.45, 7) is 4.92. The van der Waals surface area contributed by atoms with E-state index in [1.807, 2.05) is 18.9 Å². The van der Waals surface area contributed by atoms with E-state index in [2.05, 4.69) is 45.9 Å². The molecule has 0 spiro atoms. The number of halogens is 1. The van der Waals surface area contributed by atoms with Crippen molar-refractivity contribution in [3.05, 3.63) is 42.5 Å². The highest BCUT2D eigenvalue weighted by Crippen LogP contribution is 2.40. The number of anilines is 7. The van der Waals surface area contributed by atoms with E-state index < -0.39 is 6.17 Å². The predicted octanol–water partition coefficient (Wildman–Crippen LogP) is 4.37. The Bertz CT molecular complexity index is 2410. The van der Waals surface area contributed by atoms with E-state index in [0.29, 0.717) is 122 Å². The first-order valence-electron chi connectivity index (χ1n) is 21.4. The molecule has 1 saturated carbocycles. The third-order valence-electron chi connectivity index (χ3n) is 11.6. The first-order chi connectivity index (χ1) is 30.6. The van der Waals surface area contributed by atoms with Gasteiger partial charge in [0.25, 0.3) is 11.8 Å². The molecule has 1 saturated heterocycles. The Morgan fingerprint density at radius 2 is 1.76 bits per heavy atom. The summed E-state index contributed by atoms with van der Waals surface area (Å²) in [6, 6.07) is 5.10. The molecule has 5 aromatic rings. The van der Waals surface area contributed by atoms with Crippen molar-refractivity contribution in [2.24, 2.45) is 7.05 Å². The molecule has 1 aliphatic carbocycles. The highest BCUT2D eigenvalue weighted by atomic mass is 19.1. The topological polar surface area (TPSA) is 204 Å². The Morgan fingerprint density at radius 3 is 2.51 bits per heavy atom. The van der Waals surface area contributed by atoms with E-state index in [1.165, 1.54) is 14.2 Å². The fourth-order valence-corrected chi connectivity index (χ4v) is 8.32. The highest BCUT2D eigenvalue weighted by molar-refractivity contribution is 6.04. The number of likely N-dealkylation sites (N-methyl/N-ethyl adjacent to an activating group) is 1. The molecule has 63 heavy (non-hydrogen) atoms. The number of imidazole rings is 1. The van der Waals surface area contributed by atoms with E-state index in [1.54, 1.807) is 58.1 Å². The van der Waals surface area contributed by atoms with Crippen LogP contribution in [0.2, 0.25) is 0 Å². The minimum Gasteiger partial charge on any atom is -0.495 e. The van der Waals surface area contributed by atoms with Gasteiger partial charge in [-0.05, 0) is 43.9 Å². The van der Waals surface area contributed by atoms with Gasteiger partial charge in [-0.15, -0.1) is 5.10 Å². The van der Waals surface area contributed by atoms with Crippen molar-refractivity contribution in [1.82, 2.24) is 44.6 Å². The van der Waals surface area contributed by atoms with Crippen LogP contribution in [0.3, 0.4) is 0 Å². The van der Waals surface area contributed by atoms with Crippen molar-refractivity contribution >= 4 is 63.6 Å². The van der Waals surface area contributed by atoms with Crippen LogP contribution in [-0.2, 0) is 27.9 Å². The molecule has 0 radical (unpaired) electrons. The summed E-state index contributed by atoms with van der Waals surface area (Å²) in [7, 11) is 6.70. The molecule has 4 aromatic heterocycles. The molecule has 6 heterocycles. The number of nitrogens with zero attached hydrogens (tertiary/aromatic N) is 11. The molecule has 21 heteroatoms. The van der Waals surface area contributed by atoms with Gasteiger partial charge in [0.2, 0.25) is 17.8 Å². The SMILES string of the molecule is CC[C@@H]1C(=O)N(C)c2cnc(Nc3ccc(C(=O)NCCOCCOCCn4cc(Nc5nc(N6CC[C@H](F)C6)nc6c5ncn6C)c(OC)n4)cc3OC)nc2N1C1CCCC1. The van der Waals surface area contributed by atoms with Crippen LogP contribution in [0.15, 0.2) is 36.9 Å². The summed E-state index contributed by atoms with van der Waals surface area (Å²) in [5.41, 5.74) is 3.48. The third kappa shape index (κ3) is 9.38. The standard InChI is InChI=1S/C42H55FN14O6/c1-6-31-40(59)54(3)32-22-45-41(50-36(32)57(31)28-9-7-8-10-28)48-29-12-11-26(21-33(29)60-4)38(58)44-14-17-62-19-20-63-18-16-56-24-30(39(52-56)61-5)47-35-34-37(53(2)25-46-34)51-42(49-35)55-15-13-27(43)23-55/h11-12,21-22,24-25,27-28,31H,6-10,13-20,23H2,1-5H3,(H,44,58)(H,45,48,50)(H,47,49,51)/t27-,31+/m0/s1. The number of carbonyl (C=O) groups is 2. The zero-order chi connectivity index (χ0) is 44.0. The maximum absolute atomic E-state index is 14.0. The molecule has 2 fully saturated rings. The number of fused-ring (bicyclic) bond motifs is 2. The number of ether oxygens (including phenoxy) is 4. The quantitative estimate of drug-likeness (QED) is 0.0987. The van der Waals surface area contributed by atoms with Gasteiger partial charge in [0, 0.05) is 38.8 Å². The van der Waals surface area contributed by atoms with Gasteiger partial charge in [0.1, 0.15) is 29.3 Å². The molecule has 1 aromatic carbocycles. The van der Waals surface area contributed by atoms with Crippen LogP contribution < -0.4 is 40.1 Å². The molecule has 0 unspecified atom stereocenters. The van der Waals surface area contributed by atoms with Gasteiger partial charge in [-0.25, -0.2) is 14.4 Å². The minimum atomic E-state index is -0.914. The zero-order valence-electron chi connectivity index (χ0n) is 36.3. The van der Waals surface area contributed by atoms with Crippen molar-refractivity contribution in [3.8, 4) is 11.6 Å². The lowest BCUT2D eigenvalue weighted by molar-refractivity contribution is -0.120. The molecule has 2 atom stereocenters. The number of alkyl halides is 1. The Kier molecular flexibility index (Phi) is 13.3. The van der Waals surface area contributed by atoms with Gasteiger partial charge in [0.15, 0.2) is 22.8 Å². The van der Waals surface area contributed by atoms with Crippen LogP contribution in [-0.4, -0.2) is 137 Å². The van der Waals surface area contributed by atoms with E-state index in [9.17, 15) is 14.0 Å². The summed E-state index contributed by atoms with van der Waals surface area (Å²) in [5.74, 6) is 2.61. The van der Waals surface area contributed by atoms with Gasteiger partial charge in [-0.2, -0.15) is 15.0 Å². The van der Waals surface area contributed by atoms with Crippen molar-refractivity contribution in [2.75, 3.05) is 92.7 Å². The molecule has 20 nitrogen and oxygen atoms in total. The lowest BCUT2D eigenvalue weighted by Gasteiger charge is -2.43. The van der Waals surface area contributed by atoms with Crippen molar-refractivity contribution in [2.45, 2.75) is 70.2 Å².